The van der Waals surface area contributed by atoms with Gasteiger partial charge < -0.3 is 14.7 Å². The molecule has 2 aromatic heterocycles. The fraction of sp³-hybridized carbons (Fsp3) is 0.409. The van der Waals surface area contributed by atoms with Crippen molar-refractivity contribution >= 4 is 29.9 Å². The van der Waals surface area contributed by atoms with Gasteiger partial charge in [0.15, 0.2) is 5.96 Å². The van der Waals surface area contributed by atoms with Crippen LogP contribution in [-0.2, 0) is 13.0 Å². The van der Waals surface area contributed by atoms with E-state index in [1.165, 1.54) is 5.56 Å². The summed E-state index contributed by atoms with van der Waals surface area (Å²) in [5, 5.41) is 11.9. The molecule has 1 aliphatic heterocycles. The third-order valence-electron chi connectivity index (χ3n) is 5.20. The molecule has 0 aliphatic carbocycles. The van der Waals surface area contributed by atoms with Crippen LogP contribution in [0.25, 0.3) is 5.69 Å². The van der Waals surface area contributed by atoms with Crippen LogP contribution in [0.1, 0.15) is 18.2 Å². The molecule has 0 amide bonds. The van der Waals surface area contributed by atoms with Gasteiger partial charge in [-0.1, -0.05) is 23.4 Å². The Morgan fingerprint density at radius 2 is 1.94 bits per heavy atom. The lowest BCUT2D eigenvalue weighted by Crippen LogP contribution is -2.52. The van der Waals surface area contributed by atoms with Crippen molar-refractivity contribution in [3.8, 4) is 5.69 Å². The van der Waals surface area contributed by atoms with Crippen molar-refractivity contribution in [1.29, 1.82) is 0 Å². The van der Waals surface area contributed by atoms with Crippen LogP contribution in [0.3, 0.4) is 0 Å². The number of hydrogen-bond donors (Lipinski definition) is 1. The number of piperazine rings is 1. The molecular formula is C22H30IN7O. The van der Waals surface area contributed by atoms with Crippen LogP contribution < -0.4 is 5.32 Å². The first kappa shape index (κ1) is 23.3. The second kappa shape index (κ2) is 11.8. The first-order valence-electron chi connectivity index (χ1n) is 10.6. The molecule has 1 N–H and O–H groups in total. The van der Waals surface area contributed by atoms with Gasteiger partial charge in [0.05, 0.1) is 17.6 Å². The molecule has 3 aromatic rings. The standard InChI is InChI=1S/C22H29N7O.HI/c1-2-23-22(28-13-11-27(12-14-28)18-20-9-15-30-26-20)24-10-8-19-16-25-29(17-19)21-6-4-3-5-7-21;/h3-7,9,15-17H,2,8,10-14,18H2,1H3,(H,23,24);1H. The minimum Gasteiger partial charge on any atom is -0.364 e. The second-order valence-electron chi connectivity index (χ2n) is 7.37. The summed E-state index contributed by atoms with van der Waals surface area (Å²) in [6.45, 7) is 8.43. The molecule has 0 radical (unpaired) electrons. The van der Waals surface area contributed by atoms with Gasteiger partial charge in [0, 0.05) is 58.1 Å². The van der Waals surface area contributed by atoms with Crippen LogP contribution in [0.5, 0.6) is 0 Å². The van der Waals surface area contributed by atoms with E-state index in [0.29, 0.717) is 0 Å². The van der Waals surface area contributed by atoms with Gasteiger partial charge in [-0.05, 0) is 31.0 Å². The third kappa shape index (κ3) is 6.54. The van der Waals surface area contributed by atoms with E-state index in [1.807, 2.05) is 35.1 Å². The lowest BCUT2D eigenvalue weighted by Gasteiger charge is -2.36. The van der Waals surface area contributed by atoms with E-state index in [-0.39, 0.29) is 24.0 Å². The number of aliphatic imine (C=N–C) groups is 1. The SMILES string of the molecule is CCNC(=NCCc1cnn(-c2ccccc2)c1)N1CCN(Cc2ccon2)CC1.I. The van der Waals surface area contributed by atoms with E-state index in [2.05, 4.69) is 50.6 Å². The van der Waals surface area contributed by atoms with Gasteiger partial charge in [0.2, 0.25) is 0 Å². The van der Waals surface area contributed by atoms with Crippen molar-refractivity contribution < 1.29 is 4.52 Å². The Morgan fingerprint density at radius 3 is 2.65 bits per heavy atom. The summed E-state index contributed by atoms with van der Waals surface area (Å²) in [7, 11) is 0. The molecule has 0 atom stereocenters. The maximum Gasteiger partial charge on any atom is 0.194 e. The summed E-state index contributed by atoms with van der Waals surface area (Å²) in [6, 6.07) is 12.1. The molecule has 1 saturated heterocycles. The van der Waals surface area contributed by atoms with Gasteiger partial charge in [-0.2, -0.15) is 5.10 Å². The number of para-hydroxylation sites is 1. The van der Waals surface area contributed by atoms with Gasteiger partial charge in [-0.25, -0.2) is 4.68 Å². The summed E-state index contributed by atoms with van der Waals surface area (Å²) < 4.78 is 6.85. The molecule has 31 heavy (non-hydrogen) atoms. The number of nitrogens with one attached hydrogen (secondary N) is 1. The number of nitrogens with zero attached hydrogens (tertiary/aromatic N) is 6. The smallest absolute Gasteiger partial charge is 0.194 e. The topological polar surface area (TPSA) is 74.7 Å². The van der Waals surface area contributed by atoms with Gasteiger partial charge in [-0.3, -0.25) is 9.89 Å². The molecule has 1 aliphatic rings. The lowest BCUT2D eigenvalue weighted by atomic mass is 10.2. The van der Waals surface area contributed by atoms with E-state index in [4.69, 9.17) is 9.52 Å². The van der Waals surface area contributed by atoms with E-state index in [0.717, 1.165) is 69.6 Å². The highest BCUT2D eigenvalue weighted by atomic mass is 127. The van der Waals surface area contributed by atoms with Crippen LogP contribution in [0, 0.1) is 0 Å². The number of rotatable bonds is 7. The monoisotopic (exact) mass is 535 g/mol. The average Bonchev–Trinajstić information content (AvgIpc) is 3.47. The van der Waals surface area contributed by atoms with Crippen LogP contribution in [0.4, 0.5) is 0 Å². The van der Waals surface area contributed by atoms with Crippen LogP contribution in [0.15, 0.2) is 64.6 Å². The summed E-state index contributed by atoms with van der Waals surface area (Å²) in [4.78, 5) is 9.61. The highest BCUT2D eigenvalue weighted by Gasteiger charge is 2.20. The Kier molecular flexibility index (Phi) is 8.89. The van der Waals surface area contributed by atoms with Crippen LogP contribution >= 0.6 is 24.0 Å². The summed E-state index contributed by atoms with van der Waals surface area (Å²) in [5.74, 6) is 0.994. The van der Waals surface area contributed by atoms with Crippen molar-refractivity contribution in [3.05, 3.63) is 66.3 Å². The largest absolute Gasteiger partial charge is 0.364 e. The molecule has 0 bridgehead atoms. The maximum absolute atomic E-state index is 4.93. The Labute approximate surface area is 200 Å². The normalized spacial score (nSPS) is 15.0. The molecular weight excluding hydrogens is 505 g/mol. The average molecular weight is 535 g/mol. The number of hydrogen-bond acceptors (Lipinski definition) is 5. The maximum atomic E-state index is 4.93. The van der Waals surface area contributed by atoms with Gasteiger partial charge in [-0.15, -0.1) is 24.0 Å². The molecule has 8 nitrogen and oxygen atoms in total. The van der Waals surface area contributed by atoms with E-state index in [9.17, 15) is 0 Å². The quantitative estimate of drug-likeness (QED) is 0.285. The Hall–Kier alpha value is -2.40. The van der Waals surface area contributed by atoms with Gasteiger partial charge >= 0.3 is 0 Å². The Bertz CT molecular complexity index is 919. The zero-order valence-corrected chi connectivity index (χ0v) is 20.2. The lowest BCUT2D eigenvalue weighted by molar-refractivity contribution is 0.169. The van der Waals surface area contributed by atoms with Crippen molar-refractivity contribution in [1.82, 2.24) is 30.1 Å². The molecule has 0 unspecified atom stereocenters. The molecule has 1 aromatic carbocycles. The first-order valence-corrected chi connectivity index (χ1v) is 10.6. The number of guanidine groups is 1. The molecule has 166 valence electrons. The number of benzene rings is 1. The minimum absolute atomic E-state index is 0. The van der Waals surface area contributed by atoms with E-state index in [1.54, 1.807) is 6.26 Å². The predicted octanol–water partition coefficient (Wildman–Crippen LogP) is 2.80. The molecule has 9 heteroatoms. The second-order valence-corrected chi connectivity index (χ2v) is 7.37. The zero-order valence-electron chi connectivity index (χ0n) is 17.9. The minimum atomic E-state index is 0. The Balaban J connectivity index is 0.00000272. The van der Waals surface area contributed by atoms with Crippen molar-refractivity contribution in [2.75, 3.05) is 39.3 Å². The molecule has 0 spiro atoms. The van der Waals surface area contributed by atoms with Crippen molar-refractivity contribution in [2.45, 2.75) is 19.9 Å². The summed E-state index contributed by atoms with van der Waals surface area (Å²) >= 11 is 0. The molecule has 0 saturated carbocycles. The van der Waals surface area contributed by atoms with Crippen molar-refractivity contribution in [3.63, 3.8) is 0 Å². The number of halogens is 1. The predicted molar refractivity (Wildman–Crippen MR) is 132 cm³/mol. The van der Waals surface area contributed by atoms with E-state index < -0.39 is 0 Å². The summed E-state index contributed by atoms with van der Waals surface area (Å²) in [6.07, 6.45) is 6.51. The third-order valence-corrected chi connectivity index (χ3v) is 5.20. The first-order chi connectivity index (χ1) is 14.8. The zero-order chi connectivity index (χ0) is 20.6. The Morgan fingerprint density at radius 1 is 1.13 bits per heavy atom. The molecule has 1 fully saturated rings. The number of aromatic nitrogens is 3. The van der Waals surface area contributed by atoms with Gasteiger partial charge in [0.25, 0.3) is 0 Å². The fourth-order valence-electron chi connectivity index (χ4n) is 3.59. The fourth-order valence-corrected chi connectivity index (χ4v) is 3.59. The summed E-state index contributed by atoms with van der Waals surface area (Å²) in [5.41, 5.74) is 3.25. The van der Waals surface area contributed by atoms with E-state index >= 15 is 0 Å². The highest BCUT2D eigenvalue weighted by Crippen LogP contribution is 2.09. The molecule has 3 heterocycles. The van der Waals surface area contributed by atoms with Crippen LogP contribution in [-0.4, -0.2) is 70.0 Å². The highest BCUT2D eigenvalue weighted by molar-refractivity contribution is 14.0. The van der Waals surface area contributed by atoms with Crippen molar-refractivity contribution in [2.24, 2.45) is 4.99 Å². The molecule has 4 rings (SSSR count). The van der Waals surface area contributed by atoms with Crippen LogP contribution in [0.2, 0.25) is 0 Å². The van der Waals surface area contributed by atoms with Gasteiger partial charge in [0.1, 0.15) is 6.26 Å².